The molecule has 21 heavy (non-hydrogen) atoms. The number of rotatable bonds is 10. The van der Waals surface area contributed by atoms with Crippen LogP contribution in [-0.2, 0) is 0 Å². The number of hydrogen-bond donors (Lipinski definition) is 2. The molecule has 0 aromatic carbocycles. The second-order valence-electron chi connectivity index (χ2n) is 5.10. The maximum absolute atomic E-state index is 11.2. The zero-order valence-electron chi connectivity index (χ0n) is 13.1. The van der Waals surface area contributed by atoms with Gasteiger partial charge < -0.3 is 10.6 Å². The van der Waals surface area contributed by atoms with Crippen molar-refractivity contribution < 1.29 is 4.92 Å². The summed E-state index contributed by atoms with van der Waals surface area (Å²) in [5.41, 5.74) is -0.0836. The Labute approximate surface area is 125 Å². The molecule has 0 saturated carbocycles. The molecule has 0 bridgehead atoms. The Balaban J connectivity index is 2.73. The summed E-state index contributed by atoms with van der Waals surface area (Å²) in [4.78, 5) is 18.8. The molecule has 2 N–H and O–H groups in total. The maximum atomic E-state index is 11.2. The Bertz CT molecular complexity index is 453. The van der Waals surface area contributed by atoms with Gasteiger partial charge in [0.2, 0.25) is 11.6 Å². The van der Waals surface area contributed by atoms with Crippen LogP contribution >= 0.6 is 0 Å². The van der Waals surface area contributed by atoms with Crippen LogP contribution in [0.3, 0.4) is 0 Å². The Kier molecular flexibility index (Phi) is 7.42. The maximum Gasteiger partial charge on any atom is 0.353 e. The molecule has 0 amide bonds. The number of nitrogens with one attached hydrogen (secondary N) is 2. The lowest BCUT2D eigenvalue weighted by molar-refractivity contribution is -0.383. The summed E-state index contributed by atoms with van der Waals surface area (Å²) < 4.78 is 0. The summed E-state index contributed by atoms with van der Waals surface area (Å²) in [6, 6.07) is 0.143. The molecule has 0 aliphatic rings. The topological polar surface area (TPSA) is 93.0 Å². The van der Waals surface area contributed by atoms with Crippen LogP contribution in [0.5, 0.6) is 0 Å². The fourth-order valence-electron chi connectivity index (χ4n) is 2.14. The summed E-state index contributed by atoms with van der Waals surface area (Å²) in [6.07, 6.45) is 7.04. The second-order valence-corrected chi connectivity index (χ2v) is 5.10. The Hall–Kier alpha value is -1.92. The molecule has 0 radical (unpaired) electrons. The monoisotopic (exact) mass is 295 g/mol. The number of nitrogens with zero attached hydrogens (tertiary/aromatic N) is 3. The average Bonchev–Trinajstić information content (AvgIpc) is 2.44. The van der Waals surface area contributed by atoms with E-state index in [-0.39, 0.29) is 23.4 Å². The Morgan fingerprint density at radius 3 is 2.57 bits per heavy atom. The first-order valence-electron chi connectivity index (χ1n) is 7.59. The van der Waals surface area contributed by atoms with E-state index in [1.807, 2.05) is 13.8 Å². The first kappa shape index (κ1) is 17.1. The lowest BCUT2D eigenvalue weighted by Crippen LogP contribution is -2.18. The summed E-state index contributed by atoms with van der Waals surface area (Å²) in [5, 5.41) is 17.3. The Morgan fingerprint density at radius 2 is 1.95 bits per heavy atom. The van der Waals surface area contributed by atoms with E-state index in [0.29, 0.717) is 6.54 Å². The Morgan fingerprint density at radius 1 is 1.24 bits per heavy atom. The highest BCUT2D eigenvalue weighted by Gasteiger charge is 2.23. The average molecular weight is 295 g/mol. The number of nitro groups is 1. The van der Waals surface area contributed by atoms with Crippen LogP contribution in [0.4, 0.5) is 17.3 Å². The summed E-state index contributed by atoms with van der Waals surface area (Å²) in [7, 11) is 0. The van der Waals surface area contributed by atoms with Gasteiger partial charge in [-0.15, -0.1) is 0 Å². The number of aromatic nitrogens is 2. The van der Waals surface area contributed by atoms with Gasteiger partial charge in [0.05, 0.1) is 4.92 Å². The van der Waals surface area contributed by atoms with E-state index >= 15 is 0 Å². The lowest BCUT2D eigenvalue weighted by Gasteiger charge is -2.15. The molecule has 7 nitrogen and oxygen atoms in total. The quantitative estimate of drug-likeness (QED) is 0.389. The third-order valence-electron chi connectivity index (χ3n) is 3.22. The van der Waals surface area contributed by atoms with Crippen molar-refractivity contribution >= 4 is 17.3 Å². The molecular formula is C14H25N5O2. The SMILES string of the molecule is CCCCCCC(C)Nc1ncnc(NCC)c1[N+](=O)[O-]. The largest absolute Gasteiger partial charge is 0.364 e. The number of unbranched alkanes of at least 4 members (excludes halogenated alkanes) is 3. The highest BCUT2D eigenvalue weighted by Crippen LogP contribution is 2.29. The zero-order valence-corrected chi connectivity index (χ0v) is 13.1. The van der Waals surface area contributed by atoms with Crippen molar-refractivity contribution in [2.24, 2.45) is 0 Å². The van der Waals surface area contributed by atoms with E-state index in [4.69, 9.17) is 0 Å². The van der Waals surface area contributed by atoms with Gasteiger partial charge in [-0.1, -0.05) is 32.6 Å². The molecule has 1 aromatic heterocycles. The minimum atomic E-state index is -0.440. The molecule has 0 spiro atoms. The van der Waals surface area contributed by atoms with E-state index in [9.17, 15) is 10.1 Å². The van der Waals surface area contributed by atoms with E-state index < -0.39 is 4.92 Å². The van der Waals surface area contributed by atoms with Crippen molar-refractivity contribution in [3.8, 4) is 0 Å². The molecule has 1 rings (SSSR count). The van der Waals surface area contributed by atoms with Gasteiger partial charge in [-0.25, -0.2) is 9.97 Å². The van der Waals surface area contributed by atoms with Crippen molar-refractivity contribution in [1.82, 2.24) is 9.97 Å². The fraction of sp³-hybridized carbons (Fsp3) is 0.714. The van der Waals surface area contributed by atoms with Crippen LogP contribution in [0.2, 0.25) is 0 Å². The van der Waals surface area contributed by atoms with Gasteiger partial charge in [-0.2, -0.15) is 0 Å². The fourth-order valence-corrected chi connectivity index (χ4v) is 2.14. The van der Waals surface area contributed by atoms with E-state index in [0.717, 1.165) is 12.8 Å². The van der Waals surface area contributed by atoms with Crippen molar-refractivity contribution in [3.63, 3.8) is 0 Å². The molecule has 1 aromatic rings. The molecule has 0 saturated heterocycles. The van der Waals surface area contributed by atoms with Gasteiger partial charge in [0.1, 0.15) is 6.33 Å². The minimum Gasteiger partial charge on any atom is -0.364 e. The second kappa shape index (κ2) is 9.10. The highest BCUT2D eigenvalue weighted by molar-refractivity contribution is 5.69. The van der Waals surface area contributed by atoms with E-state index in [1.165, 1.54) is 25.6 Å². The number of hydrogen-bond acceptors (Lipinski definition) is 6. The van der Waals surface area contributed by atoms with Gasteiger partial charge in [-0.05, 0) is 20.3 Å². The summed E-state index contributed by atoms with van der Waals surface area (Å²) in [5.74, 6) is 0.548. The van der Waals surface area contributed by atoms with Gasteiger partial charge in [0, 0.05) is 12.6 Å². The smallest absolute Gasteiger partial charge is 0.353 e. The van der Waals surface area contributed by atoms with Crippen LogP contribution < -0.4 is 10.6 Å². The van der Waals surface area contributed by atoms with Gasteiger partial charge in [-0.3, -0.25) is 10.1 Å². The third-order valence-corrected chi connectivity index (χ3v) is 3.22. The predicted octanol–water partition coefficient (Wildman–Crippen LogP) is 3.59. The normalized spacial score (nSPS) is 12.0. The molecule has 0 fully saturated rings. The van der Waals surface area contributed by atoms with Gasteiger partial charge in [0.25, 0.3) is 0 Å². The number of anilines is 2. The molecule has 7 heteroatoms. The van der Waals surface area contributed by atoms with Crippen LogP contribution in [0.25, 0.3) is 0 Å². The molecule has 0 aliphatic carbocycles. The molecule has 118 valence electrons. The molecular weight excluding hydrogens is 270 g/mol. The van der Waals surface area contributed by atoms with Crippen molar-refractivity contribution in [2.45, 2.75) is 58.9 Å². The minimum absolute atomic E-state index is 0.0836. The van der Waals surface area contributed by atoms with Crippen LogP contribution in [0, 0.1) is 10.1 Å². The lowest BCUT2D eigenvalue weighted by atomic mass is 10.1. The van der Waals surface area contributed by atoms with Gasteiger partial charge >= 0.3 is 5.69 Å². The van der Waals surface area contributed by atoms with E-state index in [1.54, 1.807) is 0 Å². The standard InChI is InChI=1S/C14H25N5O2/c1-4-6-7-8-9-11(3)18-14-12(19(20)21)13(15-5-2)16-10-17-14/h10-11H,4-9H2,1-3H3,(H2,15,16,17,18). The molecule has 1 atom stereocenters. The van der Waals surface area contributed by atoms with Crippen molar-refractivity contribution in [2.75, 3.05) is 17.2 Å². The van der Waals surface area contributed by atoms with E-state index in [2.05, 4.69) is 27.5 Å². The zero-order chi connectivity index (χ0) is 15.7. The molecule has 1 unspecified atom stereocenters. The molecule has 0 aliphatic heterocycles. The third kappa shape index (κ3) is 5.53. The first-order chi connectivity index (χ1) is 10.1. The predicted molar refractivity (Wildman–Crippen MR) is 84.7 cm³/mol. The van der Waals surface area contributed by atoms with Gasteiger partial charge in [0.15, 0.2) is 0 Å². The van der Waals surface area contributed by atoms with Crippen LogP contribution in [0.15, 0.2) is 6.33 Å². The van der Waals surface area contributed by atoms with Crippen LogP contribution in [0.1, 0.15) is 52.9 Å². The van der Waals surface area contributed by atoms with Crippen LogP contribution in [-0.4, -0.2) is 27.5 Å². The summed E-state index contributed by atoms with van der Waals surface area (Å²) in [6.45, 7) is 6.64. The molecule has 1 heterocycles. The van der Waals surface area contributed by atoms with Crippen molar-refractivity contribution in [3.05, 3.63) is 16.4 Å². The summed E-state index contributed by atoms with van der Waals surface area (Å²) >= 11 is 0. The highest BCUT2D eigenvalue weighted by atomic mass is 16.6. The first-order valence-corrected chi connectivity index (χ1v) is 7.59. The van der Waals surface area contributed by atoms with Crippen molar-refractivity contribution in [1.29, 1.82) is 0 Å².